The minimum atomic E-state index is -0.328. The van der Waals surface area contributed by atoms with Crippen molar-refractivity contribution in [2.24, 2.45) is 0 Å². The van der Waals surface area contributed by atoms with Gasteiger partial charge in [0.15, 0.2) is 5.65 Å². The van der Waals surface area contributed by atoms with Crippen LogP contribution in [0.15, 0.2) is 24.5 Å². The number of rotatable bonds is 2. The maximum Gasteiger partial charge on any atom is 0.151 e. The first-order chi connectivity index (χ1) is 6.31. The van der Waals surface area contributed by atoms with Gasteiger partial charge in [0, 0.05) is 11.6 Å². The monoisotopic (exact) mass is 310 g/mol. The molecule has 0 bridgehead atoms. The Bertz CT molecular complexity index is 433. The molecule has 0 aromatic carbocycles. The third kappa shape index (κ3) is 1.79. The quantitative estimate of drug-likeness (QED) is 0.630. The maximum atomic E-state index is 12.7. The van der Waals surface area contributed by atoms with Crippen LogP contribution in [0.4, 0.5) is 4.39 Å². The van der Waals surface area contributed by atoms with Gasteiger partial charge in [-0.1, -0.05) is 0 Å². The number of pyridine rings is 1. The Balaban J connectivity index is 2.55. The summed E-state index contributed by atoms with van der Waals surface area (Å²) in [6.45, 7) is 0. The molecule has 0 unspecified atom stereocenters. The van der Waals surface area contributed by atoms with Crippen LogP contribution in [0, 0.1) is 5.82 Å². The predicted molar refractivity (Wildman–Crippen MR) is 57.8 cm³/mol. The van der Waals surface area contributed by atoms with E-state index in [9.17, 15) is 4.39 Å². The third-order valence-corrected chi connectivity index (χ3v) is 2.56. The Labute approximate surface area is 92.3 Å². The van der Waals surface area contributed by atoms with E-state index in [1.807, 2.05) is 0 Å². The average Bonchev–Trinajstić information content (AvgIpc) is 2.49. The van der Waals surface area contributed by atoms with E-state index < -0.39 is 0 Å². The first-order valence-corrected chi connectivity index (χ1v) is 4.97. The molecule has 0 fully saturated rings. The van der Waals surface area contributed by atoms with E-state index in [-0.39, 0.29) is 5.82 Å². The van der Waals surface area contributed by atoms with E-state index in [0.717, 1.165) is 17.6 Å². The number of aromatic nitrogens is 2. The molecule has 0 aliphatic rings. The summed E-state index contributed by atoms with van der Waals surface area (Å²) in [6.07, 6.45) is 2.97. The molecule has 2 rings (SSSR count). The standard InChI is InChI=1S/C7H4FIN2OS/c8-6-3-5-1-2-11(13-12-9)7(5)10-4-6/h1-4H. The highest BCUT2D eigenvalue weighted by molar-refractivity contribution is 14.1. The second-order valence-electron chi connectivity index (χ2n) is 2.35. The molecule has 0 radical (unpaired) electrons. The lowest BCUT2D eigenvalue weighted by molar-refractivity contribution is 0.624. The first-order valence-electron chi connectivity index (χ1n) is 3.39. The average molecular weight is 310 g/mol. The molecule has 2 aromatic heterocycles. The van der Waals surface area contributed by atoms with Crippen molar-refractivity contribution < 1.29 is 6.90 Å². The lowest BCUT2D eigenvalue weighted by Crippen LogP contribution is -1.86. The number of hydrogen-bond acceptors (Lipinski definition) is 3. The lowest BCUT2D eigenvalue weighted by atomic mass is 10.3. The van der Waals surface area contributed by atoms with Crippen molar-refractivity contribution in [2.75, 3.05) is 0 Å². The topological polar surface area (TPSA) is 27.1 Å². The van der Waals surface area contributed by atoms with Crippen LogP contribution in [-0.2, 0) is 2.51 Å². The fraction of sp³-hybridized carbons (Fsp3) is 0. The number of halogens is 2. The Kier molecular flexibility index (Phi) is 2.70. The molecule has 68 valence electrons. The van der Waals surface area contributed by atoms with Gasteiger partial charge in [-0.15, -0.1) is 0 Å². The van der Waals surface area contributed by atoms with E-state index in [0.29, 0.717) is 5.65 Å². The van der Waals surface area contributed by atoms with Gasteiger partial charge in [0.2, 0.25) is 0 Å². The minimum absolute atomic E-state index is 0.328. The zero-order chi connectivity index (χ0) is 9.26. The molecule has 0 amide bonds. The van der Waals surface area contributed by atoms with Gasteiger partial charge < -0.3 is 0 Å². The molecule has 0 spiro atoms. The molecule has 13 heavy (non-hydrogen) atoms. The molecular formula is C7H4FIN2OS. The van der Waals surface area contributed by atoms with Crippen LogP contribution in [0.5, 0.6) is 0 Å². The van der Waals surface area contributed by atoms with Gasteiger partial charge in [-0.2, -0.15) is 0 Å². The third-order valence-electron chi connectivity index (χ3n) is 1.57. The fourth-order valence-corrected chi connectivity index (χ4v) is 1.98. The highest BCUT2D eigenvalue weighted by Gasteiger charge is 2.03. The van der Waals surface area contributed by atoms with Gasteiger partial charge in [0.25, 0.3) is 0 Å². The van der Waals surface area contributed by atoms with Gasteiger partial charge in [0.05, 0.1) is 6.20 Å². The first kappa shape index (κ1) is 9.22. The Morgan fingerprint density at radius 3 is 3.23 bits per heavy atom. The molecule has 0 atom stereocenters. The highest BCUT2D eigenvalue weighted by Crippen LogP contribution is 2.21. The zero-order valence-electron chi connectivity index (χ0n) is 6.28. The summed E-state index contributed by atoms with van der Waals surface area (Å²) in [4.78, 5) is 3.94. The van der Waals surface area contributed by atoms with Crippen LogP contribution in [-0.4, -0.2) is 8.96 Å². The lowest BCUT2D eigenvalue weighted by Gasteiger charge is -1.97. The van der Waals surface area contributed by atoms with Crippen molar-refractivity contribution in [3.63, 3.8) is 0 Å². The zero-order valence-corrected chi connectivity index (χ0v) is 9.25. The smallest absolute Gasteiger partial charge is 0.151 e. The van der Waals surface area contributed by atoms with Crippen LogP contribution in [0.25, 0.3) is 11.0 Å². The van der Waals surface area contributed by atoms with E-state index in [4.69, 9.17) is 2.51 Å². The molecule has 6 heteroatoms. The van der Waals surface area contributed by atoms with Crippen LogP contribution in [0.2, 0.25) is 0 Å². The second-order valence-corrected chi connectivity index (χ2v) is 4.09. The molecule has 0 saturated carbocycles. The van der Waals surface area contributed by atoms with Crippen molar-refractivity contribution in [1.82, 2.24) is 8.96 Å². The summed E-state index contributed by atoms with van der Waals surface area (Å²) >= 11 is 2.90. The summed E-state index contributed by atoms with van der Waals surface area (Å²) < 4.78 is 19.3. The highest BCUT2D eigenvalue weighted by atomic mass is 127. The summed E-state index contributed by atoms with van der Waals surface area (Å²) in [6, 6.07) is 3.22. The SMILES string of the molecule is Fc1cnc2c(ccn2SOI)c1. The summed E-state index contributed by atoms with van der Waals surface area (Å²) in [5.74, 6) is -0.328. The predicted octanol–water partition coefficient (Wildman–Crippen LogP) is 2.95. The molecule has 0 saturated heterocycles. The maximum absolute atomic E-state index is 12.7. The molecule has 2 heterocycles. The van der Waals surface area contributed by atoms with Crippen molar-refractivity contribution >= 4 is 46.3 Å². The summed E-state index contributed by atoms with van der Waals surface area (Å²) in [5, 5.41) is 0.765. The molecule has 0 aliphatic heterocycles. The van der Waals surface area contributed by atoms with Crippen molar-refractivity contribution in [2.45, 2.75) is 0 Å². The second kappa shape index (κ2) is 3.81. The Morgan fingerprint density at radius 2 is 2.46 bits per heavy atom. The van der Waals surface area contributed by atoms with Crippen LogP contribution in [0.3, 0.4) is 0 Å². The number of hydrogen-bond donors (Lipinski definition) is 0. The van der Waals surface area contributed by atoms with Crippen molar-refractivity contribution in [3.8, 4) is 0 Å². The molecule has 3 nitrogen and oxygen atoms in total. The van der Waals surface area contributed by atoms with Gasteiger partial charge in [-0.25, -0.2) is 11.9 Å². The van der Waals surface area contributed by atoms with Crippen LogP contribution < -0.4 is 0 Å². The van der Waals surface area contributed by atoms with Gasteiger partial charge in [-0.05, 0) is 12.1 Å². The van der Waals surface area contributed by atoms with Gasteiger partial charge >= 0.3 is 0 Å². The van der Waals surface area contributed by atoms with Gasteiger partial charge in [0.1, 0.15) is 41.1 Å². The van der Waals surface area contributed by atoms with E-state index >= 15 is 0 Å². The molecule has 0 N–H and O–H groups in total. The fourth-order valence-electron chi connectivity index (χ4n) is 1.06. The van der Waals surface area contributed by atoms with Crippen LogP contribution in [0.1, 0.15) is 0 Å². The Morgan fingerprint density at radius 1 is 1.62 bits per heavy atom. The number of fused-ring (bicyclic) bond motifs is 1. The normalized spacial score (nSPS) is 10.9. The van der Waals surface area contributed by atoms with Gasteiger partial charge in [-0.3, -0.25) is 3.97 Å². The van der Waals surface area contributed by atoms with E-state index in [2.05, 4.69) is 4.98 Å². The Hall–Kier alpha value is -0.340. The van der Waals surface area contributed by atoms with Crippen molar-refractivity contribution in [1.29, 1.82) is 0 Å². The summed E-state index contributed by atoms with van der Waals surface area (Å²) in [7, 11) is 0. The molecular weight excluding hydrogens is 306 g/mol. The summed E-state index contributed by atoms with van der Waals surface area (Å²) in [5.41, 5.74) is 0.697. The minimum Gasteiger partial charge on any atom is -0.251 e. The van der Waals surface area contributed by atoms with E-state index in [1.54, 1.807) is 39.2 Å². The van der Waals surface area contributed by atoms with Crippen LogP contribution >= 0.6 is 35.2 Å². The molecule has 2 aromatic rings. The van der Waals surface area contributed by atoms with Crippen molar-refractivity contribution in [3.05, 3.63) is 30.3 Å². The number of nitrogens with zero attached hydrogens (tertiary/aromatic N) is 2. The molecule has 0 aliphatic carbocycles. The largest absolute Gasteiger partial charge is 0.251 e. The van der Waals surface area contributed by atoms with E-state index in [1.165, 1.54) is 12.3 Å².